The van der Waals surface area contributed by atoms with Crippen LogP contribution in [0.4, 0.5) is 10.1 Å². The molecule has 1 saturated heterocycles. The van der Waals surface area contributed by atoms with Crippen molar-refractivity contribution in [3.8, 4) is 11.8 Å². The Bertz CT molecular complexity index is 1590. The van der Waals surface area contributed by atoms with Crippen LogP contribution in [0.15, 0.2) is 29.2 Å². The first kappa shape index (κ1) is 25.4. The fraction of sp³-hybridized carbons (Fsp3) is 0.464. The van der Waals surface area contributed by atoms with E-state index in [4.69, 9.17) is 5.10 Å². The number of halogens is 1. The highest BCUT2D eigenvalue weighted by atomic mass is 32.1. The molecule has 4 heterocycles. The maximum Gasteiger partial charge on any atom is 0.252 e. The van der Waals surface area contributed by atoms with Crippen LogP contribution >= 0.6 is 11.3 Å². The van der Waals surface area contributed by atoms with E-state index in [2.05, 4.69) is 47.4 Å². The van der Waals surface area contributed by atoms with Crippen LogP contribution in [0.2, 0.25) is 0 Å². The highest BCUT2D eigenvalue weighted by molar-refractivity contribution is 7.18. The summed E-state index contributed by atoms with van der Waals surface area (Å²) in [4.78, 5) is 22.1. The van der Waals surface area contributed by atoms with Gasteiger partial charge in [-0.3, -0.25) is 14.4 Å². The molecule has 37 heavy (non-hydrogen) atoms. The van der Waals surface area contributed by atoms with Gasteiger partial charge in [-0.25, -0.2) is 9.37 Å². The lowest BCUT2D eigenvalue weighted by atomic mass is 9.97. The topological polar surface area (TPSA) is 59.2 Å². The zero-order chi connectivity index (χ0) is 26.4. The molecule has 0 radical (unpaired) electrons. The van der Waals surface area contributed by atoms with Crippen molar-refractivity contribution in [2.45, 2.75) is 65.7 Å². The minimum Gasteiger partial charge on any atom is -0.364 e. The van der Waals surface area contributed by atoms with Crippen LogP contribution in [0.5, 0.6) is 0 Å². The standard InChI is InChI=1S/C28H33FN6OS/c1-7-9-12-33-16-24-27(31-33)23(13-25(36)32(24)6)34-15-20(8-2)35(14-17(34)3)18(4)21-10-11-22-28(26(21)29)37-19(5)30-22/h10-11,13,16-18,20H,8,12,14-15H2,1-6H3/t17-,18-,20+/m0/s1. The Hall–Kier alpha value is -3.22. The average molecular weight is 521 g/mol. The normalized spacial score (nSPS) is 19.4. The number of hydrogen-bond acceptors (Lipinski definition) is 6. The van der Waals surface area contributed by atoms with E-state index < -0.39 is 0 Å². The molecule has 1 aliphatic heterocycles. The number of pyridine rings is 1. The summed E-state index contributed by atoms with van der Waals surface area (Å²) in [6.07, 6.45) is 2.80. The second kappa shape index (κ2) is 9.92. The minimum absolute atomic E-state index is 0.0603. The first-order chi connectivity index (χ1) is 17.7. The highest BCUT2D eigenvalue weighted by Gasteiger charge is 2.36. The van der Waals surface area contributed by atoms with E-state index in [1.807, 2.05) is 25.3 Å². The maximum atomic E-state index is 15.6. The van der Waals surface area contributed by atoms with Gasteiger partial charge in [0, 0.05) is 49.9 Å². The first-order valence-corrected chi connectivity index (χ1v) is 13.6. The number of anilines is 1. The van der Waals surface area contributed by atoms with Crippen LogP contribution in [0.3, 0.4) is 0 Å². The third-order valence-electron chi connectivity index (χ3n) is 7.60. The second-order valence-corrected chi connectivity index (χ2v) is 11.1. The number of thiazole rings is 1. The van der Waals surface area contributed by atoms with Gasteiger partial charge in [-0.1, -0.05) is 18.9 Å². The van der Waals surface area contributed by atoms with Gasteiger partial charge < -0.3 is 9.47 Å². The molecule has 3 aromatic heterocycles. The van der Waals surface area contributed by atoms with Crippen LogP contribution in [0.25, 0.3) is 21.3 Å². The molecule has 0 aliphatic carbocycles. The second-order valence-electron chi connectivity index (χ2n) is 9.90. The number of nitrogens with zero attached hydrogens (tertiary/aromatic N) is 6. The van der Waals surface area contributed by atoms with E-state index in [0.717, 1.165) is 46.8 Å². The number of piperazine rings is 1. The molecule has 0 spiro atoms. The molecule has 0 unspecified atom stereocenters. The third kappa shape index (κ3) is 4.42. The lowest BCUT2D eigenvalue weighted by molar-refractivity contribution is 0.104. The van der Waals surface area contributed by atoms with Crippen molar-refractivity contribution in [3.63, 3.8) is 0 Å². The quantitative estimate of drug-likeness (QED) is 0.352. The van der Waals surface area contributed by atoms with Gasteiger partial charge in [0.15, 0.2) is 0 Å². The van der Waals surface area contributed by atoms with E-state index >= 15 is 4.39 Å². The van der Waals surface area contributed by atoms with Crippen molar-refractivity contribution in [1.82, 2.24) is 24.2 Å². The number of hydrogen-bond donors (Lipinski definition) is 0. The smallest absolute Gasteiger partial charge is 0.252 e. The zero-order valence-electron chi connectivity index (χ0n) is 22.2. The number of aryl methyl sites for hydroxylation is 2. The maximum absolute atomic E-state index is 15.6. The molecule has 194 valence electrons. The molecule has 0 saturated carbocycles. The zero-order valence-corrected chi connectivity index (χ0v) is 23.1. The Morgan fingerprint density at radius 3 is 2.81 bits per heavy atom. The minimum atomic E-state index is -0.158. The number of benzene rings is 1. The van der Waals surface area contributed by atoms with Crippen LogP contribution in [-0.2, 0) is 13.6 Å². The Morgan fingerprint density at radius 1 is 1.30 bits per heavy atom. The highest BCUT2D eigenvalue weighted by Crippen LogP contribution is 2.36. The fourth-order valence-corrected chi connectivity index (χ4v) is 6.39. The van der Waals surface area contributed by atoms with E-state index in [0.29, 0.717) is 16.8 Å². The summed E-state index contributed by atoms with van der Waals surface area (Å²) in [5.74, 6) is 5.79. The average Bonchev–Trinajstić information content (AvgIpc) is 3.48. The molecule has 4 aromatic rings. The van der Waals surface area contributed by atoms with E-state index in [9.17, 15) is 4.79 Å². The summed E-state index contributed by atoms with van der Waals surface area (Å²) in [7, 11) is 1.78. The SMILES string of the molecule is CC#CCn1cc2c(n1)c(N1C[C@@H](CC)N([C@@H](C)c3ccc4nc(C)sc4c3F)C[C@@H]1C)cc(=O)n2C. The van der Waals surface area contributed by atoms with Crippen LogP contribution < -0.4 is 10.5 Å². The lowest BCUT2D eigenvalue weighted by Crippen LogP contribution is -2.58. The van der Waals surface area contributed by atoms with E-state index in [1.54, 1.807) is 29.3 Å². The molecule has 1 aromatic carbocycles. The molecule has 0 N–H and O–H groups in total. The molecule has 1 aliphatic rings. The van der Waals surface area contributed by atoms with Crippen LogP contribution in [0, 0.1) is 24.6 Å². The number of aromatic nitrogens is 4. The summed E-state index contributed by atoms with van der Waals surface area (Å²) in [5.41, 5.74) is 3.83. The molecule has 1 fully saturated rings. The third-order valence-corrected chi connectivity index (χ3v) is 8.58. The summed E-state index contributed by atoms with van der Waals surface area (Å²) in [6.45, 7) is 12.1. The number of rotatable bonds is 5. The first-order valence-electron chi connectivity index (χ1n) is 12.8. The van der Waals surface area contributed by atoms with Crippen molar-refractivity contribution in [2.24, 2.45) is 7.05 Å². The van der Waals surface area contributed by atoms with Gasteiger partial charge in [0.05, 0.1) is 32.6 Å². The molecular formula is C28H33FN6OS. The largest absolute Gasteiger partial charge is 0.364 e. The molecule has 0 amide bonds. The van der Waals surface area contributed by atoms with Gasteiger partial charge in [0.2, 0.25) is 0 Å². The predicted octanol–water partition coefficient (Wildman–Crippen LogP) is 4.87. The van der Waals surface area contributed by atoms with Gasteiger partial charge in [-0.05, 0) is 40.2 Å². The van der Waals surface area contributed by atoms with E-state index in [-0.39, 0.29) is 29.5 Å². The van der Waals surface area contributed by atoms with Gasteiger partial charge >= 0.3 is 0 Å². The Kier molecular flexibility index (Phi) is 6.82. The Balaban J connectivity index is 1.49. The Labute approximate surface area is 220 Å². The van der Waals surface area contributed by atoms with Crippen molar-refractivity contribution in [3.05, 3.63) is 51.1 Å². The monoisotopic (exact) mass is 520 g/mol. The van der Waals surface area contributed by atoms with Crippen molar-refractivity contribution < 1.29 is 4.39 Å². The van der Waals surface area contributed by atoms with Gasteiger partial charge in [0.1, 0.15) is 17.9 Å². The summed E-state index contributed by atoms with van der Waals surface area (Å²) < 4.78 is 19.7. The molecule has 7 nitrogen and oxygen atoms in total. The molecule has 5 rings (SSSR count). The van der Waals surface area contributed by atoms with Crippen molar-refractivity contribution in [2.75, 3.05) is 18.0 Å². The van der Waals surface area contributed by atoms with E-state index in [1.165, 1.54) is 11.3 Å². The van der Waals surface area contributed by atoms with Crippen LogP contribution in [0.1, 0.15) is 50.7 Å². The summed E-state index contributed by atoms with van der Waals surface area (Å²) in [5, 5.41) is 5.67. The van der Waals surface area contributed by atoms with Crippen molar-refractivity contribution in [1.29, 1.82) is 0 Å². The van der Waals surface area contributed by atoms with Gasteiger partial charge in [-0.15, -0.1) is 17.3 Å². The van der Waals surface area contributed by atoms with Gasteiger partial charge in [-0.2, -0.15) is 5.10 Å². The lowest BCUT2D eigenvalue weighted by Gasteiger charge is -2.48. The fourth-order valence-electron chi connectivity index (χ4n) is 5.53. The van der Waals surface area contributed by atoms with Gasteiger partial charge in [0.25, 0.3) is 5.56 Å². The van der Waals surface area contributed by atoms with Crippen molar-refractivity contribution >= 4 is 38.3 Å². The van der Waals surface area contributed by atoms with Crippen LogP contribution in [-0.4, -0.2) is 49.4 Å². The predicted molar refractivity (Wildman–Crippen MR) is 149 cm³/mol. The molecule has 0 bridgehead atoms. The molecular weight excluding hydrogens is 487 g/mol. The Morgan fingerprint density at radius 2 is 2.08 bits per heavy atom. The molecule has 9 heteroatoms. The summed E-state index contributed by atoms with van der Waals surface area (Å²) >= 11 is 1.41. The molecule has 3 atom stereocenters. The summed E-state index contributed by atoms with van der Waals surface area (Å²) in [6, 6.07) is 5.74. The number of fused-ring (bicyclic) bond motifs is 2.